The van der Waals surface area contributed by atoms with Crippen molar-refractivity contribution < 1.29 is 14.3 Å². The van der Waals surface area contributed by atoms with Crippen molar-refractivity contribution >= 4 is 5.91 Å². The molecule has 1 aliphatic heterocycles. The van der Waals surface area contributed by atoms with Gasteiger partial charge in [0.05, 0.1) is 17.3 Å². The Morgan fingerprint density at radius 3 is 2.85 bits per heavy atom. The molecule has 6 nitrogen and oxygen atoms in total. The molecule has 2 aromatic rings. The van der Waals surface area contributed by atoms with Gasteiger partial charge in [0.15, 0.2) is 0 Å². The predicted octanol–water partition coefficient (Wildman–Crippen LogP) is 2.36. The second-order valence-electron chi connectivity index (χ2n) is 7.13. The van der Waals surface area contributed by atoms with Gasteiger partial charge in [-0.05, 0) is 30.4 Å². The van der Waals surface area contributed by atoms with Gasteiger partial charge in [-0.15, -0.1) is 0 Å². The van der Waals surface area contributed by atoms with Crippen LogP contribution in [-0.4, -0.2) is 42.1 Å². The van der Waals surface area contributed by atoms with Crippen LogP contribution in [-0.2, 0) is 22.9 Å². The standard InChI is InChI=1S/C20H25N3O3/c1-23-12-16(18(22-23)13-7-9-26-10-8-13)20(24)21-17-11-14-5-3-4-6-15(14)19(17)25-2/h3-6,12-13,17,19H,7-11H2,1-2H3,(H,21,24)/t17-,19+/m1/s1. The van der Waals surface area contributed by atoms with E-state index in [1.54, 1.807) is 11.8 Å². The molecule has 1 aromatic heterocycles. The van der Waals surface area contributed by atoms with E-state index >= 15 is 0 Å². The van der Waals surface area contributed by atoms with Crippen LogP contribution in [0.15, 0.2) is 30.5 Å². The van der Waals surface area contributed by atoms with Crippen molar-refractivity contribution in [3.8, 4) is 0 Å². The van der Waals surface area contributed by atoms with Gasteiger partial charge in [-0.3, -0.25) is 9.48 Å². The Labute approximate surface area is 153 Å². The number of methoxy groups -OCH3 is 1. The zero-order chi connectivity index (χ0) is 18.1. The Morgan fingerprint density at radius 2 is 2.08 bits per heavy atom. The summed E-state index contributed by atoms with van der Waals surface area (Å²) in [7, 11) is 3.56. The van der Waals surface area contributed by atoms with Crippen molar-refractivity contribution in [3.63, 3.8) is 0 Å². The van der Waals surface area contributed by atoms with E-state index in [4.69, 9.17) is 9.47 Å². The topological polar surface area (TPSA) is 65.4 Å². The number of fused-ring (bicyclic) bond motifs is 1. The van der Waals surface area contributed by atoms with E-state index in [0.29, 0.717) is 5.56 Å². The molecule has 1 N–H and O–H groups in total. The zero-order valence-corrected chi connectivity index (χ0v) is 15.3. The lowest BCUT2D eigenvalue weighted by atomic mass is 9.93. The van der Waals surface area contributed by atoms with Crippen molar-refractivity contribution in [1.29, 1.82) is 0 Å². The highest BCUT2D eigenvalue weighted by Gasteiger charge is 2.34. The monoisotopic (exact) mass is 355 g/mol. The first-order valence-electron chi connectivity index (χ1n) is 9.20. The highest BCUT2D eigenvalue weighted by atomic mass is 16.5. The van der Waals surface area contributed by atoms with Crippen LogP contribution in [0.3, 0.4) is 0 Å². The Hall–Kier alpha value is -2.18. The van der Waals surface area contributed by atoms with Gasteiger partial charge in [0.1, 0.15) is 6.10 Å². The first-order chi connectivity index (χ1) is 12.7. The third-order valence-corrected chi connectivity index (χ3v) is 5.45. The maximum atomic E-state index is 13.0. The molecule has 0 spiro atoms. The molecule has 1 fully saturated rings. The summed E-state index contributed by atoms with van der Waals surface area (Å²) in [6.45, 7) is 1.46. The van der Waals surface area contributed by atoms with Gasteiger partial charge in [-0.25, -0.2) is 0 Å². The molecule has 138 valence electrons. The van der Waals surface area contributed by atoms with Crippen molar-refractivity contribution in [2.75, 3.05) is 20.3 Å². The van der Waals surface area contributed by atoms with Gasteiger partial charge >= 0.3 is 0 Å². The van der Waals surface area contributed by atoms with E-state index in [9.17, 15) is 4.79 Å². The second-order valence-corrected chi connectivity index (χ2v) is 7.13. The summed E-state index contributed by atoms with van der Waals surface area (Å²) in [6.07, 6.45) is 4.31. The minimum absolute atomic E-state index is 0.0624. The molecule has 2 aliphatic rings. The van der Waals surface area contributed by atoms with Crippen LogP contribution < -0.4 is 5.32 Å². The molecule has 2 heterocycles. The summed E-state index contributed by atoms with van der Waals surface area (Å²) in [6, 6.07) is 8.16. The third kappa shape index (κ3) is 3.15. The Balaban J connectivity index is 1.54. The number of nitrogens with zero attached hydrogens (tertiary/aromatic N) is 2. The number of aromatic nitrogens is 2. The lowest BCUT2D eigenvalue weighted by molar-refractivity contribution is 0.0670. The fourth-order valence-electron chi connectivity index (χ4n) is 4.18. The average Bonchev–Trinajstić information content (AvgIpc) is 3.22. The largest absolute Gasteiger partial charge is 0.381 e. The average molecular weight is 355 g/mol. The Bertz CT molecular complexity index is 795. The van der Waals surface area contributed by atoms with E-state index in [0.717, 1.165) is 43.7 Å². The van der Waals surface area contributed by atoms with Crippen LogP contribution in [0, 0.1) is 0 Å². The summed E-state index contributed by atoms with van der Waals surface area (Å²) in [4.78, 5) is 13.0. The molecule has 6 heteroatoms. The number of hydrogen-bond acceptors (Lipinski definition) is 4. The van der Waals surface area contributed by atoms with Crippen molar-refractivity contribution in [2.45, 2.75) is 37.3 Å². The summed E-state index contributed by atoms with van der Waals surface area (Å²) < 4.78 is 12.9. The molecule has 0 unspecified atom stereocenters. The first kappa shape index (κ1) is 17.2. The van der Waals surface area contributed by atoms with Crippen LogP contribution in [0.1, 0.15) is 52.0 Å². The minimum atomic E-state index is -0.113. The molecular formula is C20H25N3O3. The number of carbonyl (C=O) groups excluding carboxylic acids is 1. The van der Waals surface area contributed by atoms with Crippen molar-refractivity contribution in [3.05, 3.63) is 52.8 Å². The van der Waals surface area contributed by atoms with Crippen LogP contribution in [0.2, 0.25) is 0 Å². The number of ether oxygens (including phenoxy) is 2. The van der Waals surface area contributed by atoms with Crippen molar-refractivity contribution in [1.82, 2.24) is 15.1 Å². The van der Waals surface area contributed by atoms with E-state index < -0.39 is 0 Å². The van der Waals surface area contributed by atoms with Gasteiger partial charge in [0.2, 0.25) is 0 Å². The van der Waals surface area contributed by atoms with Crippen LogP contribution in [0.25, 0.3) is 0 Å². The van der Waals surface area contributed by atoms with Gasteiger partial charge < -0.3 is 14.8 Å². The number of hydrogen-bond donors (Lipinski definition) is 1. The normalized spacial score (nSPS) is 23.0. The van der Waals surface area contributed by atoms with Crippen LogP contribution in [0.4, 0.5) is 0 Å². The molecule has 0 bridgehead atoms. The fourth-order valence-corrected chi connectivity index (χ4v) is 4.18. The molecule has 1 saturated heterocycles. The Kier molecular flexibility index (Phi) is 4.78. The smallest absolute Gasteiger partial charge is 0.255 e. The highest BCUT2D eigenvalue weighted by molar-refractivity contribution is 5.95. The predicted molar refractivity (Wildman–Crippen MR) is 97.2 cm³/mol. The molecule has 1 aromatic carbocycles. The molecule has 2 atom stereocenters. The van der Waals surface area contributed by atoms with E-state index in [1.807, 2.05) is 25.4 Å². The highest BCUT2D eigenvalue weighted by Crippen LogP contribution is 2.34. The summed E-state index contributed by atoms with van der Waals surface area (Å²) in [5.74, 6) is 0.212. The maximum Gasteiger partial charge on any atom is 0.255 e. The van der Waals surface area contributed by atoms with E-state index in [1.165, 1.54) is 5.56 Å². The second kappa shape index (κ2) is 7.21. The van der Waals surface area contributed by atoms with Gasteiger partial charge in [-0.1, -0.05) is 24.3 Å². The Morgan fingerprint density at radius 1 is 1.31 bits per heavy atom. The summed E-state index contributed by atoms with van der Waals surface area (Å²) >= 11 is 0. The molecular weight excluding hydrogens is 330 g/mol. The number of aryl methyl sites for hydroxylation is 1. The van der Waals surface area contributed by atoms with E-state index in [2.05, 4.69) is 22.5 Å². The quantitative estimate of drug-likeness (QED) is 0.914. The number of nitrogens with one attached hydrogen (secondary N) is 1. The summed E-state index contributed by atoms with van der Waals surface area (Å²) in [5, 5.41) is 7.77. The minimum Gasteiger partial charge on any atom is -0.381 e. The lowest BCUT2D eigenvalue weighted by Gasteiger charge is -2.23. The number of carbonyl (C=O) groups is 1. The molecule has 26 heavy (non-hydrogen) atoms. The van der Waals surface area contributed by atoms with E-state index in [-0.39, 0.29) is 24.0 Å². The number of benzene rings is 1. The molecule has 1 amide bonds. The first-order valence-corrected chi connectivity index (χ1v) is 9.20. The molecule has 1 aliphatic carbocycles. The molecule has 0 saturated carbocycles. The van der Waals surface area contributed by atoms with Gasteiger partial charge in [-0.2, -0.15) is 5.10 Å². The fraction of sp³-hybridized carbons (Fsp3) is 0.500. The number of rotatable bonds is 4. The number of amides is 1. The lowest BCUT2D eigenvalue weighted by Crippen LogP contribution is -2.38. The van der Waals surface area contributed by atoms with Crippen LogP contribution in [0.5, 0.6) is 0 Å². The van der Waals surface area contributed by atoms with Crippen LogP contribution >= 0.6 is 0 Å². The summed E-state index contributed by atoms with van der Waals surface area (Å²) in [5.41, 5.74) is 3.96. The molecule has 0 radical (unpaired) electrons. The van der Waals surface area contributed by atoms with Gasteiger partial charge in [0.25, 0.3) is 5.91 Å². The third-order valence-electron chi connectivity index (χ3n) is 5.45. The SMILES string of the molecule is CO[C@H]1c2ccccc2C[C@H]1NC(=O)c1cn(C)nc1C1CCOCC1. The maximum absolute atomic E-state index is 13.0. The van der Waals surface area contributed by atoms with Gasteiger partial charge in [0, 0.05) is 39.5 Å². The molecule has 4 rings (SSSR count). The zero-order valence-electron chi connectivity index (χ0n) is 15.3. The van der Waals surface area contributed by atoms with Crippen molar-refractivity contribution in [2.24, 2.45) is 7.05 Å².